The normalized spacial score (nSPS) is 16.5. The van der Waals surface area contributed by atoms with Crippen LogP contribution < -0.4 is 18.9 Å². The number of ketones is 1. The number of carbonyl (C=O) groups excluding carboxylic acids is 2. The first-order valence-corrected chi connectivity index (χ1v) is 12.4. The fraction of sp³-hybridized carbons (Fsp3) is 0.300. The maximum atomic E-state index is 13.5. The number of hydrogen-bond donors (Lipinski definition) is 1. The van der Waals surface area contributed by atoms with E-state index in [1.54, 1.807) is 48.8 Å². The topological polar surface area (TPSA) is 107 Å². The van der Waals surface area contributed by atoms with Gasteiger partial charge in [-0.1, -0.05) is 6.07 Å². The van der Waals surface area contributed by atoms with Gasteiger partial charge in [0.1, 0.15) is 11.5 Å². The number of pyridine rings is 1. The molecule has 2 heterocycles. The number of aliphatic hydroxyl groups excluding tert-OH is 1. The van der Waals surface area contributed by atoms with Gasteiger partial charge < -0.3 is 29.0 Å². The SMILES string of the molecule is COc1cc([C@@H]2C(=C(O)c3ccc(OC(C)C)c(C)c3)C(=O)C(=O)N2Cc2cccnc2)cc(OC)c1OC. The molecule has 0 unspecified atom stereocenters. The molecule has 0 bridgehead atoms. The van der Waals surface area contributed by atoms with Crippen molar-refractivity contribution in [2.75, 3.05) is 21.3 Å². The van der Waals surface area contributed by atoms with Crippen LogP contribution in [0.25, 0.3) is 5.76 Å². The highest BCUT2D eigenvalue weighted by molar-refractivity contribution is 6.46. The fourth-order valence-corrected chi connectivity index (χ4v) is 4.68. The lowest BCUT2D eigenvalue weighted by Gasteiger charge is -2.26. The zero-order valence-electron chi connectivity index (χ0n) is 22.8. The van der Waals surface area contributed by atoms with Gasteiger partial charge >= 0.3 is 0 Å². The highest BCUT2D eigenvalue weighted by Gasteiger charge is 2.46. The lowest BCUT2D eigenvalue weighted by atomic mass is 9.94. The Balaban J connectivity index is 1.92. The summed E-state index contributed by atoms with van der Waals surface area (Å²) in [4.78, 5) is 32.5. The first kappa shape index (κ1) is 27.5. The van der Waals surface area contributed by atoms with E-state index in [0.717, 1.165) is 11.1 Å². The molecule has 39 heavy (non-hydrogen) atoms. The average Bonchev–Trinajstić information content (AvgIpc) is 3.18. The Morgan fingerprint density at radius 1 is 1.00 bits per heavy atom. The van der Waals surface area contributed by atoms with Gasteiger partial charge in [0.25, 0.3) is 11.7 Å². The third-order valence-electron chi connectivity index (χ3n) is 6.43. The summed E-state index contributed by atoms with van der Waals surface area (Å²) in [5, 5.41) is 11.5. The van der Waals surface area contributed by atoms with Crippen LogP contribution in [-0.4, -0.2) is 54.1 Å². The third-order valence-corrected chi connectivity index (χ3v) is 6.43. The van der Waals surface area contributed by atoms with Crippen molar-refractivity contribution in [1.82, 2.24) is 9.88 Å². The van der Waals surface area contributed by atoms with Crippen molar-refractivity contribution in [1.29, 1.82) is 0 Å². The molecule has 9 heteroatoms. The van der Waals surface area contributed by atoms with Crippen LogP contribution in [0, 0.1) is 6.92 Å². The van der Waals surface area contributed by atoms with Gasteiger partial charge in [0.2, 0.25) is 5.75 Å². The lowest BCUT2D eigenvalue weighted by Crippen LogP contribution is -2.29. The van der Waals surface area contributed by atoms with Gasteiger partial charge in [-0.25, -0.2) is 0 Å². The van der Waals surface area contributed by atoms with E-state index in [9.17, 15) is 14.7 Å². The molecule has 4 rings (SSSR count). The Labute approximate surface area is 227 Å². The van der Waals surface area contributed by atoms with Crippen LogP contribution in [0.1, 0.15) is 42.1 Å². The summed E-state index contributed by atoms with van der Waals surface area (Å²) < 4.78 is 22.3. The molecule has 1 aliphatic rings. The largest absolute Gasteiger partial charge is 0.507 e. The number of methoxy groups -OCH3 is 3. The van der Waals surface area contributed by atoms with Crippen LogP contribution in [0.4, 0.5) is 0 Å². The van der Waals surface area contributed by atoms with Crippen LogP contribution in [0.15, 0.2) is 60.4 Å². The molecule has 2 aromatic carbocycles. The van der Waals surface area contributed by atoms with Crippen molar-refractivity contribution in [2.24, 2.45) is 0 Å². The molecule has 1 saturated heterocycles. The summed E-state index contributed by atoms with van der Waals surface area (Å²) in [5.74, 6) is -0.0929. The van der Waals surface area contributed by atoms with Crippen molar-refractivity contribution in [3.05, 3.63) is 82.7 Å². The number of carbonyl (C=O) groups is 2. The molecule has 1 N–H and O–H groups in total. The third kappa shape index (κ3) is 5.38. The van der Waals surface area contributed by atoms with E-state index in [-0.39, 0.29) is 24.0 Å². The highest BCUT2D eigenvalue weighted by atomic mass is 16.5. The molecule has 204 valence electrons. The van der Waals surface area contributed by atoms with Crippen LogP contribution >= 0.6 is 0 Å². The number of hydrogen-bond acceptors (Lipinski definition) is 8. The molecule has 9 nitrogen and oxygen atoms in total. The van der Waals surface area contributed by atoms with Gasteiger partial charge in [-0.05, 0) is 73.9 Å². The number of amides is 1. The standard InChI is InChI=1S/C30H32N2O7/c1-17(2)39-22-10-9-20(12-18(22)3)27(33)25-26(21-13-23(36-4)29(38-6)24(14-21)37-5)32(30(35)28(25)34)16-19-8-7-11-31-15-19/h7-15,17,26,33H,16H2,1-6H3/t26-/m1/s1. The van der Waals surface area contributed by atoms with Crippen LogP contribution in [0.3, 0.4) is 0 Å². The number of aliphatic hydroxyl groups is 1. The van der Waals surface area contributed by atoms with E-state index in [1.165, 1.54) is 26.2 Å². The molecular formula is C30H32N2O7. The average molecular weight is 533 g/mol. The number of Topliss-reactive ketones (excluding diaryl/α,β-unsaturated/α-hetero) is 1. The summed E-state index contributed by atoms with van der Waals surface area (Å²) in [6, 6.07) is 11.1. The summed E-state index contributed by atoms with van der Waals surface area (Å²) >= 11 is 0. The molecule has 3 aromatic rings. The second-order valence-electron chi connectivity index (χ2n) is 9.39. The van der Waals surface area contributed by atoms with Crippen LogP contribution in [0.5, 0.6) is 23.0 Å². The Bertz CT molecular complexity index is 1390. The van der Waals surface area contributed by atoms with Gasteiger partial charge in [-0.3, -0.25) is 14.6 Å². The molecule has 1 atom stereocenters. The van der Waals surface area contributed by atoms with E-state index in [4.69, 9.17) is 18.9 Å². The first-order chi connectivity index (χ1) is 18.7. The number of benzene rings is 2. The predicted octanol–water partition coefficient (Wildman–Crippen LogP) is 4.82. The Morgan fingerprint density at radius 2 is 1.69 bits per heavy atom. The number of likely N-dealkylation sites (tertiary alicyclic amines) is 1. The Morgan fingerprint density at radius 3 is 2.23 bits per heavy atom. The van der Waals surface area contributed by atoms with Gasteiger partial charge in [0.05, 0.1) is 39.0 Å². The van der Waals surface area contributed by atoms with E-state index < -0.39 is 17.7 Å². The predicted molar refractivity (Wildman–Crippen MR) is 145 cm³/mol. The molecule has 1 aromatic heterocycles. The number of rotatable bonds is 9. The summed E-state index contributed by atoms with van der Waals surface area (Å²) in [6.45, 7) is 5.80. The molecule has 1 aliphatic heterocycles. The molecule has 0 radical (unpaired) electrons. The van der Waals surface area contributed by atoms with Crippen LogP contribution in [-0.2, 0) is 16.1 Å². The smallest absolute Gasteiger partial charge is 0.295 e. The maximum Gasteiger partial charge on any atom is 0.295 e. The Kier molecular flexibility index (Phi) is 8.09. The summed E-state index contributed by atoms with van der Waals surface area (Å²) in [6.07, 6.45) is 3.23. The van der Waals surface area contributed by atoms with E-state index >= 15 is 0 Å². The Hall–Kier alpha value is -4.53. The van der Waals surface area contributed by atoms with Crippen molar-refractivity contribution < 1.29 is 33.6 Å². The fourth-order valence-electron chi connectivity index (χ4n) is 4.68. The summed E-state index contributed by atoms with van der Waals surface area (Å²) in [5.41, 5.74) is 2.35. The van der Waals surface area contributed by atoms with Gasteiger partial charge in [0, 0.05) is 24.5 Å². The van der Waals surface area contributed by atoms with Gasteiger partial charge in [-0.15, -0.1) is 0 Å². The van der Waals surface area contributed by atoms with E-state index in [2.05, 4.69) is 4.98 Å². The zero-order chi connectivity index (χ0) is 28.3. The van der Waals surface area contributed by atoms with Gasteiger partial charge in [0.15, 0.2) is 11.5 Å². The minimum absolute atomic E-state index is 0.0269. The molecular weight excluding hydrogens is 500 g/mol. The zero-order valence-corrected chi connectivity index (χ0v) is 22.8. The first-order valence-electron chi connectivity index (χ1n) is 12.4. The number of aromatic nitrogens is 1. The number of nitrogens with zero attached hydrogens (tertiary/aromatic N) is 2. The molecule has 1 amide bonds. The minimum atomic E-state index is -0.939. The number of ether oxygens (including phenoxy) is 4. The van der Waals surface area contributed by atoms with Crippen LogP contribution in [0.2, 0.25) is 0 Å². The lowest BCUT2D eigenvalue weighted by molar-refractivity contribution is -0.140. The van der Waals surface area contributed by atoms with Crippen molar-refractivity contribution in [3.63, 3.8) is 0 Å². The summed E-state index contributed by atoms with van der Waals surface area (Å²) in [7, 11) is 4.46. The monoisotopic (exact) mass is 532 g/mol. The molecule has 0 aliphatic carbocycles. The van der Waals surface area contributed by atoms with Crippen molar-refractivity contribution in [2.45, 2.75) is 39.5 Å². The van der Waals surface area contributed by atoms with E-state index in [0.29, 0.717) is 34.1 Å². The molecule has 1 fully saturated rings. The highest BCUT2D eigenvalue weighted by Crippen LogP contribution is 2.46. The molecule has 0 spiro atoms. The number of aryl methyl sites for hydroxylation is 1. The second-order valence-corrected chi connectivity index (χ2v) is 9.39. The van der Waals surface area contributed by atoms with Gasteiger partial charge in [-0.2, -0.15) is 0 Å². The van der Waals surface area contributed by atoms with Crippen molar-refractivity contribution >= 4 is 17.4 Å². The van der Waals surface area contributed by atoms with E-state index in [1.807, 2.05) is 26.8 Å². The molecule has 0 saturated carbocycles. The maximum absolute atomic E-state index is 13.5. The quantitative estimate of drug-likeness (QED) is 0.237. The minimum Gasteiger partial charge on any atom is -0.507 e. The second kappa shape index (κ2) is 11.5. The van der Waals surface area contributed by atoms with Crippen molar-refractivity contribution in [3.8, 4) is 23.0 Å².